The van der Waals surface area contributed by atoms with Crippen molar-refractivity contribution in [3.8, 4) is 17.2 Å². The molecular formula is C16H28N2O3. The summed E-state index contributed by atoms with van der Waals surface area (Å²) in [4.78, 5) is 2.27. The first-order chi connectivity index (χ1) is 10.0. The molecule has 21 heavy (non-hydrogen) atoms. The summed E-state index contributed by atoms with van der Waals surface area (Å²) in [6, 6.07) is 4.29. The van der Waals surface area contributed by atoms with Crippen LogP contribution in [0.3, 0.4) is 0 Å². The van der Waals surface area contributed by atoms with Crippen LogP contribution in [0.25, 0.3) is 0 Å². The molecular weight excluding hydrogens is 268 g/mol. The smallest absolute Gasteiger partial charge is 0.164 e. The molecule has 120 valence electrons. The minimum Gasteiger partial charge on any atom is -0.496 e. The molecule has 0 saturated carbocycles. The Bertz CT molecular complexity index is 451. The average molecular weight is 296 g/mol. The van der Waals surface area contributed by atoms with Crippen LogP contribution in [0, 0.1) is 0 Å². The van der Waals surface area contributed by atoms with E-state index in [0.717, 1.165) is 17.7 Å². The normalized spacial score (nSPS) is 13.9. The van der Waals surface area contributed by atoms with Crippen molar-refractivity contribution in [2.75, 3.05) is 34.9 Å². The molecule has 1 aromatic carbocycles. The van der Waals surface area contributed by atoms with E-state index >= 15 is 0 Å². The Labute approximate surface area is 128 Å². The van der Waals surface area contributed by atoms with Gasteiger partial charge in [-0.1, -0.05) is 6.92 Å². The van der Waals surface area contributed by atoms with Crippen LogP contribution in [0.5, 0.6) is 17.2 Å². The van der Waals surface area contributed by atoms with Gasteiger partial charge in [0, 0.05) is 24.2 Å². The van der Waals surface area contributed by atoms with Crippen LogP contribution in [-0.4, -0.2) is 45.9 Å². The minimum absolute atomic E-state index is 0.0645. The number of hydrogen-bond donors (Lipinski definition) is 1. The van der Waals surface area contributed by atoms with Crippen molar-refractivity contribution in [1.82, 2.24) is 4.90 Å². The van der Waals surface area contributed by atoms with Crippen molar-refractivity contribution < 1.29 is 14.2 Å². The third-order valence-corrected chi connectivity index (χ3v) is 4.10. The molecule has 2 N–H and O–H groups in total. The van der Waals surface area contributed by atoms with Crippen molar-refractivity contribution in [3.63, 3.8) is 0 Å². The Morgan fingerprint density at radius 1 is 1.05 bits per heavy atom. The van der Waals surface area contributed by atoms with Crippen molar-refractivity contribution in [2.24, 2.45) is 5.73 Å². The summed E-state index contributed by atoms with van der Waals surface area (Å²) in [6.07, 6.45) is 1.06. The molecule has 5 heteroatoms. The van der Waals surface area contributed by atoms with Crippen LogP contribution in [0.4, 0.5) is 0 Å². The summed E-state index contributed by atoms with van der Waals surface area (Å²) < 4.78 is 16.2. The molecule has 0 radical (unpaired) electrons. The molecule has 0 aliphatic carbocycles. The molecule has 0 fully saturated rings. The largest absolute Gasteiger partial charge is 0.496 e. The maximum Gasteiger partial charge on any atom is 0.164 e. The molecule has 0 bridgehead atoms. The van der Waals surface area contributed by atoms with Gasteiger partial charge >= 0.3 is 0 Å². The van der Waals surface area contributed by atoms with E-state index < -0.39 is 0 Å². The Morgan fingerprint density at radius 2 is 1.57 bits per heavy atom. The summed E-state index contributed by atoms with van der Waals surface area (Å²) >= 11 is 0. The van der Waals surface area contributed by atoms with Crippen molar-refractivity contribution in [1.29, 1.82) is 0 Å². The molecule has 1 rings (SSSR count). The van der Waals surface area contributed by atoms with Crippen LogP contribution < -0.4 is 19.9 Å². The van der Waals surface area contributed by atoms with Gasteiger partial charge in [-0.15, -0.1) is 0 Å². The van der Waals surface area contributed by atoms with E-state index in [1.54, 1.807) is 21.3 Å². The molecule has 0 aliphatic heterocycles. The quantitative estimate of drug-likeness (QED) is 0.798. The van der Waals surface area contributed by atoms with E-state index in [9.17, 15) is 0 Å². The number of benzene rings is 1. The summed E-state index contributed by atoms with van der Waals surface area (Å²) in [7, 11) is 6.98. The monoisotopic (exact) mass is 296 g/mol. The maximum atomic E-state index is 6.01. The van der Waals surface area contributed by atoms with E-state index in [4.69, 9.17) is 19.9 Å². The van der Waals surface area contributed by atoms with Gasteiger partial charge in [0.05, 0.1) is 27.4 Å². The van der Waals surface area contributed by atoms with E-state index in [0.29, 0.717) is 24.1 Å². The summed E-state index contributed by atoms with van der Waals surface area (Å²) in [6.45, 7) is 4.86. The Balaban J connectivity index is 3.30. The third-order valence-electron chi connectivity index (χ3n) is 4.10. The summed E-state index contributed by atoms with van der Waals surface area (Å²) in [5, 5.41) is 0. The van der Waals surface area contributed by atoms with E-state index in [-0.39, 0.29) is 6.04 Å². The van der Waals surface area contributed by atoms with E-state index in [2.05, 4.69) is 25.8 Å². The number of nitrogens with zero attached hydrogens (tertiary/aromatic N) is 1. The first-order valence-electron chi connectivity index (χ1n) is 7.25. The molecule has 0 heterocycles. The molecule has 1 aromatic rings. The molecule has 2 unspecified atom stereocenters. The van der Waals surface area contributed by atoms with Gasteiger partial charge in [-0.2, -0.15) is 0 Å². The van der Waals surface area contributed by atoms with E-state index in [1.807, 2.05) is 12.1 Å². The first-order valence-corrected chi connectivity index (χ1v) is 7.25. The zero-order chi connectivity index (χ0) is 16.0. The lowest BCUT2D eigenvalue weighted by molar-refractivity contribution is 0.181. The molecule has 0 saturated heterocycles. The van der Waals surface area contributed by atoms with Gasteiger partial charge in [0.15, 0.2) is 11.5 Å². The Morgan fingerprint density at radius 3 is 2.00 bits per heavy atom. The summed E-state index contributed by atoms with van der Waals surface area (Å²) in [5.74, 6) is 2.10. The van der Waals surface area contributed by atoms with Crippen LogP contribution in [0.2, 0.25) is 0 Å². The SMILES string of the molecule is CCC(C)N(C)C(CN)c1cc(OC)c(OC)cc1OC. The highest BCUT2D eigenvalue weighted by Gasteiger charge is 2.24. The second kappa shape index (κ2) is 8.10. The third kappa shape index (κ3) is 3.80. The van der Waals surface area contributed by atoms with Gasteiger partial charge < -0.3 is 19.9 Å². The van der Waals surface area contributed by atoms with Crippen LogP contribution >= 0.6 is 0 Å². The first kappa shape index (κ1) is 17.6. The number of hydrogen-bond acceptors (Lipinski definition) is 5. The second-order valence-electron chi connectivity index (χ2n) is 5.12. The topological polar surface area (TPSA) is 57.0 Å². The average Bonchev–Trinajstić information content (AvgIpc) is 2.53. The fraction of sp³-hybridized carbons (Fsp3) is 0.625. The number of nitrogens with two attached hydrogens (primary N) is 1. The molecule has 5 nitrogen and oxygen atoms in total. The lowest BCUT2D eigenvalue weighted by Crippen LogP contribution is -2.36. The number of rotatable bonds is 8. The maximum absolute atomic E-state index is 6.01. The fourth-order valence-electron chi connectivity index (χ4n) is 2.42. The molecule has 2 atom stereocenters. The van der Waals surface area contributed by atoms with Crippen LogP contribution in [0.15, 0.2) is 12.1 Å². The highest BCUT2D eigenvalue weighted by molar-refractivity contribution is 5.52. The highest BCUT2D eigenvalue weighted by atomic mass is 16.5. The molecule has 0 aromatic heterocycles. The van der Waals surface area contributed by atoms with Gasteiger partial charge in [0.1, 0.15) is 5.75 Å². The number of ether oxygens (including phenoxy) is 3. The van der Waals surface area contributed by atoms with Gasteiger partial charge in [-0.05, 0) is 26.5 Å². The predicted molar refractivity (Wildman–Crippen MR) is 85.4 cm³/mol. The zero-order valence-corrected chi connectivity index (χ0v) is 14.0. The minimum atomic E-state index is 0.0645. The lowest BCUT2D eigenvalue weighted by Gasteiger charge is -2.33. The van der Waals surface area contributed by atoms with Crippen molar-refractivity contribution >= 4 is 0 Å². The predicted octanol–water partition coefficient (Wildman–Crippen LogP) is 2.44. The van der Waals surface area contributed by atoms with Crippen molar-refractivity contribution in [3.05, 3.63) is 17.7 Å². The zero-order valence-electron chi connectivity index (χ0n) is 14.0. The standard InChI is InChI=1S/C16H28N2O3/c1-7-11(2)18(3)13(10-17)12-8-15(20-5)16(21-6)9-14(12)19-4/h8-9,11,13H,7,10,17H2,1-6H3. The number of likely N-dealkylation sites (N-methyl/N-ethyl adjacent to an activating group) is 1. The Kier molecular flexibility index (Phi) is 6.78. The fourth-order valence-corrected chi connectivity index (χ4v) is 2.42. The van der Waals surface area contributed by atoms with Gasteiger partial charge in [-0.3, -0.25) is 4.90 Å². The van der Waals surface area contributed by atoms with Crippen LogP contribution in [-0.2, 0) is 0 Å². The molecule has 0 amide bonds. The van der Waals surface area contributed by atoms with Gasteiger partial charge in [0.25, 0.3) is 0 Å². The highest BCUT2D eigenvalue weighted by Crippen LogP contribution is 2.39. The van der Waals surface area contributed by atoms with E-state index in [1.165, 1.54) is 0 Å². The van der Waals surface area contributed by atoms with Crippen molar-refractivity contribution in [2.45, 2.75) is 32.4 Å². The molecule has 0 spiro atoms. The Hall–Kier alpha value is -1.46. The lowest BCUT2D eigenvalue weighted by atomic mass is 10.0. The van der Waals surface area contributed by atoms with Crippen LogP contribution in [0.1, 0.15) is 31.9 Å². The van der Waals surface area contributed by atoms with Gasteiger partial charge in [-0.25, -0.2) is 0 Å². The molecule has 0 aliphatic rings. The number of methoxy groups -OCH3 is 3. The van der Waals surface area contributed by atoms with Gasteiger partial charge in [0.2, 0.25) is 0 Å². The second-order valence-corrected chi connectivity index (χ2v) is 5.12. The summed E-state index contributed by atoms with van der Waals surface area (Å²) in [5.41, 5.74) is 7.03.